The molecule has 11 aromatic rings. The Bertz CT molecular complexity index is 3220. The zero-order valence-electron chi connectivity index (χ0n) is 29.0. The Balaban J connectivity index is 1.17. The molecule has 0 N–H and O–H groups in total. The Hall–Kier alpha value is -6.46. The number of benzene rings is 8. The summed E-state index contributed by atoms with van der Waals surface area (Å²) >= 11 is 3.68. The second-order valence-corrected chi connectivity index (χ2v) is 15.9. The molecular weight excluding hydrogens is 693 g/mol. The average molecular weight is 723 g/mol. The maximum atomic E-state index is 5.33. The third-order valence-electron chi connectivity index (χ3n) is 10.5. The van der Waals surface area contributed by atoms with E-state index in [1.54, 1.807) is 0 Å². The van der Waals surface area contributed by atoms with Gasteiger partial charge in [0.2, 0.25) is 0 Å². The largest absolute Gasteiger partial charge is 0.228 e. The van der Waals surface area contributed by atoms with E-state index in [1.807, 2.05) is 28.7 Å². The first-order valence-corrected chi connectivity index (χ1v) is 19.8. The molecule has 54 heavy (non-hydrogen) atoms. The van der Waals surface area contributed by atoms with E-state index in [1.165, 1.54) is 62.2 Å². The average Bonchev–Trinajstić information content (AvgIpc) is 3.82. The van der Waals surface area contributed by atoms with Crippen LogP contribution in [-0.2, 0) is 0 Å². The van der Waals surface area contributed by atoms with Gasteiger partial charge in [0, 0.05) is 57.0 Å². The lowest BCUT2D eigenvalue weighted by atomic mass is 9.91. The molecule has 3 heterocycles. The Morgan fingerprint density at radius 2 is 0.926 bits per heavy atom. The van der Waals surface area contributed by atoms with E-state index in [-0.39, 0.29) is 0 Å². The number of thiophene rings is 2. The molecule has 252 valence electrons. The van der Waals surface area contributed by atoms with Crippen LogP contribution in [-0.4, -0.2) is 9.97 Å². The van der Waals surface area contributed by atoms with Crippen molar-refractivity contribution in [2.45, 2.75) is 0 Å². The number of nitrogens with zero attached hydrogens (tertiary/aromatic N) is 2. The summed E-state index contributed by atoms with van der Waals surface area (Å²) in [5.74, 6) is 0.712. The molecule has 0 amide bonds. The molecule has 0 fully saturated rings. The SMILES string of the molecule is c1ccc(-c2nc(-c3cc(-c4ccc5sc6ccccc6c5c4)cc(-c4cccc5ccccc45)c3)cc(-c3cccc4c3sc3ccccc34)n2)cc1. The lowest BCUT2D eigenvalue weighted by Gasteiger charge is -2.14. The summed E-state index contributed by atoms with van der Waals surface area (Å²) in [5.41, 5.74) is 9.66. The number of hydrogen-bond acceptors (Lipinski definition) is 4. The predicted octanol–water partition coefficient (Wildman–Crippen LogP) is 14.7. The summed E-state index contributed by atoms with van der Waals surface area (Å²) in [6.45, 7) is 0. The highest BCUT2D eigenvalue weighted by molar-refractivity contribution is 7.26. The predicted molar refractivity (Wildman–Crippen MR) is 232 cm³/mol. The Labute approximate surface area is 320 Å². The maximum absolute atomic E-state index is 5.33. The molecule has 0 saturated heterocycles. The summed E-state index contributed by atoms with van der Waals surface area (Å²) < 4.78 is 5.13. The van der Waals surface area contributed by atoms with Crippen molar-refractivity contribution in [2.24, 2.45) is 0 Å². The van der Waals surface area contributed by atoms with Crippen LogP contribution in [0.5, 0.6) is 0 Å². The van der Waals surface area contributed by atoms with Crippen LogP contribution in [0.1, 0.15) is 0 Å². The molecule has 0 radical (unpaired) electrons. The highest BCUT2D eigenvalue weighted by Gasteiger charge is 2.17. The molecule has 0 atom stereocenters. The molecule has 0 aliphatic carbocycles. The van der Waals surface area contributed by atoms with E-state index < -0.39 is 0 Å². The minimum atomic E-state index is 0.712. The van der Waals surface area contributed by atoms with Gasteiger partial charge in [0.25, 0.3) is 0 Å². The summed E-state index contributed by atoms with van der Waals surface area (Å²) in [6.07, 6.45) is 0. The molecule has 0 aliphatic heterocycles. The van der Waals surface area contributed by atoms with Crippen molar-refractivity contribution >= 4 is 73.8 Å². The normalized spacial score (nSPS) is 11.7. The zero-order valence-corrected chi connectivity index (χ0v) is 30.7. The van der Waals surface area contributed by atoms with Crippen LogP contribution in [0.25, 0.3) is 107 Å². The standard InChI is InChI=1S/C50H30N2S2/c1-2-13-32(14-3-1)50-51-44(30-45(52-50)42-21-11-20-41-39-17-6-9-23-47(39)54-49(41)42)36-27-34(26-35(28-36)38-19-10-15-31-12-4-5-16-37(31)38)33-24-25-48-43(29-33)40-18-7-8-22-46(40)53-48/h1-30H. The minimum Gasteiger partial charge on any atom is -0.228 e. The monoisotopic (exact) mass is 722 g/mol. The van der Waals surface area contributed by atoms with Crippen molar-refractivity contribution in [3.05, 3.63) is 182 Å². The molecule has 2 nitrogen and oxygen atoms in total. The molecule has 0 unspecified atom stereocenters. The van der Waals surface area contributed by atoms with Crippen molar-refractivity contribution in [3.8, 4) is 56.2 Å². The van der Waals surface area contributed by atoms with Crippen LogP contribution in [0, 0.1) is 0 Å². The lowest BCUT2D eigenvalue weighted by Crippen LogP contribution is -1.97. The van der Waals surface area contributed by atoms with Gasteiger partial charge in [0.15, 0.2) is 5.82 Å². The first-order valence-electron chi connectivity index (χ1n) is 18.1. The van der Waals surface area contributed by atoms with Gasteiger partial charge in [0.1, 0.15) is 0 Å². The molecule has 0 saturated carbocycles. The van der Waals surface area contributed by atoms with Gasteiger partial charge in [-0.1, -0.05) is 133 Å². The van der Waals surface area contributed by atoms with Crippen LogP contribution in [0.2, 0.25) is 0 Å². The summed E-state index contributed by atoms with van der Waals surface area (Å²) in [5, 5.41) is 7.57. The van der Waals surface area contributed by atoms with E-state index in [4.69, 9.17) is 9.97 Å². The van der Waals surface area contributed by atoms with Gasteiger partial charge in [-0.05, 0) is 81.6 Å². The van der Waals surface area contributed by atoms with Gasteiger partial charge in [0.05, 0.1) is 11.4 Å². The van der Waals surface area contributed by atoms with E-state index in [0.29, 0.717) is 5.82 Å². The van der Waals surface area contributed by atoms with Gasteiger partial charge >= 0.3 is 0 Å². The Morgan fingerprint density at radius 1 is 0.315 bits per heavy atom. The minimum absolute atomic E-state index is 0.712. The quantitative estimate of drug-likeness (QED) is 0.177. The van der Waals surface area contributed by atoms with Crippen molar-refractivity contribution < 1.29 is 0 Å². The smallest absolute Gasteiger partial charge is 0.160 e. The Morgan fingerprint density at radius 3 is 1.80 bits per heavy atom. The topological polar surface area (TPSA) is 25.8 Å². The molecule has 3 aromatic heterocycles. The van der Waals surface area contributed by atoms with E-state index >= 15 is 0 Å². The first kappa shape index (κ1) is 31.1. The molecule has 0 spiro atoms. The molecular formula is C50H30N2S2. The molecule has 0 aliphatic rings. The third-order valence-corrected chi connectivity index (χ3v) is 12.8. The van der Waals surface area contributed by atoms with Gasteiger partial charge in [-0.2, -0.15) is 0 Å². The van der Waals surface area contributed by atoms with Gasteiger partial charge in [-0.3, -0.25) is 0 Å². The van der Waals surface area contributed by atoms with Crippen molar-refractivity contribution in [1.82, 2.24) is 9.97 Å². The second kappa shape index (κ2) is 12.6. The summed E-state index contributed by atoms with van der Waals surface area (Å²) in [7, 11) is 0. The maximum Gasteiger partial charge on any atom is 0.160 e. The van der Waals surface area contributed by atoms with Crippen LogP contribution in [0.3, 0.4) is 0 Å². The van der Waals surface area contributed by atoms with Crippen molar-refractivity contribution in [1.29, 1.82) is 0 Å². The highest BCUT2D eigenvalue weighted by Crippen LogP contribution is 2.42. The summed E-state index contributed by atoms with van der Waals surface area (Å²) in [6, 6.07) is 65.6. The number of rotatable bonds is 5. The van der Waals surface area contributed by atoms with Crippen molar-refractivity contribution in [2.75, 3.05) is 0 Å². The zero-order chi connectivity index (χ0) is 35.6. The van der Waals surface area contributed by atoms with Gasteiger partial charge in [-0.25, -0.2) is 9.97 Å². The third kappa shape index (κ3) is 5.22. The van der Waals surface area contributed by atoms with Crippen molar-refractivity contribution in [3.63, 3.8) is 0 Å². The van der Waals surface area contributed by atoms with Gasteiger partial charge < -0.3 is 0 Å². The molecule has 0 bridgehead atoms. The first-order chi connectivity index (χ1) is 26.7. The fourth-order valence-electron chi connectivity index (χ4n) is 7.88. The van der Waals surface area contributed by atoms with E-state index in [9.17, 15) is 0 Å². The van der Waals surface area contributed by atoms with Crippen LogP contribution in [0.15, 0.2) is 182 Å². The van der Waals surface area contributed by atoms with Crippen LogP contribution in [0.4, 0.5) is 0 Å². The molecule has 11 rings (SSSR count). The molecule has 4 heteroatoms. The number of fused-ring (bicyclic) bond motifs is 7. The Kier molecular flexibility index (Phi) is 7.25. The molecule has 8 aromatic carbocycles. The second-order valence-electron chi connectivity index (χ2n) is 13.7. The van der Waals surface area contributed by atoms with Crippen LogP contribution < -0.4 is 0 Å². The lowest BCUT2D eigenvalue weighted by molar-refractivity contribution is 1.19. The number of hydrogen-bond donors (Lipinski definition) is 0. The van der Waals surface area contributed by atoms with E-state index in [2.05, 4.69) is 176 Å². The fourth-order valence-corrected chi connectivity index (χ4v) is 10.2. The summed E-state index contributed by atoms with van der Waals surface area (Å²) in [4.78, 5) is 10.6. The van der Waals surface area contributed by atoms with Gasteiger partial charge in [-0.15, -0.1) is 22.7 Å². The number of aromatic nitrogens is 2. The van der Waals surface area contributed by atoms with E-state index in [0.717, 1.165) is 39.2 Å². The highest BCUT2D eigenvalue weighted by atomic mass is 32.1. The fraction of sp³-hybridized carbons (Fsp3) is 0. The van der Waals surface area contributed by atoms with Crippen LogP contribution >= 0.6 is 22.7 Å².